The summed E-state index contributed by atoms with van der Waals surface area (Å²) in [4.78, 5) is 26.1. The highest BCUT2D eigenvalue weighted by Gasteiger charge is 2.66. The van der Waals surface area contributed by atoms with Gasteiger partial charge in [0.15, 0.2) is 5.78 Å². The Bertz CT molecular complexity index is 940. The minimum atomic E-state index is -0.610. The van der Waals surface area contributed by atoms with Crippen molar-refractivity contribution in [2.45, 2.75) is 118 Å². The lowest BCUT2D eigenvalue weighted by atomic mass is 9.45. The van der Waals surface area contributed by atoms with Crippen molar-refractivity contribution in [2.24, 2.45) is 58.2 Å². The molecule has 0 amide bonds. The van der Waals surface area contributed by atoms with Gasteiger partial charge in [0.05, 0.1) is 18.1 Å². The molecule has 0 aliphatic heterocycles. The van der Waals surface area contributed by atoms with Gasteiger partial charge in [0.25, 0.3) is 0 Å². The van der Waals surface area contributed by atoms with Gasteiger partial charge >= 0.3 is 5.97 Å². The fourth-order valence-corrected chi connectivity index (χ4v) is 9.53. The quantitative estimate of drug-likeness (QED) is 0.338. The number of carbonyl (C=O) groups excluding carboxylic acids is 2. The van der Waals surface area contributed by atoms with Crippen LogP contribution in [0.1, 0.15) is 99.8 Å². The zero-order valence-corrected chi connectivity index (χ0v) is 25.4. The minimum Gasteiger partial charge on any atom is -0.462 e. The van der Waals surface area contributed by atoms with Crippen LogP contribution in [0.5, 0.6) is 0 Å². The van der Waals surface area contributed by atoms with E-state index in [2.05, 4.69) is 34.6 Å². The van der Waals surface area contributed by atoms with Gasteiger partial charge in [-0.1, -0.05) is 60.5 Å². The van der Waals surface area contributed by atoms with Crippen LogP contribution in [0, 0.1) is 58.2 Å². The summed E-state index contributed by atoms with van der Waals surface area (Å²) >= 11 is 0. The lowest BCUT2D eigenvalue weighted by molar-refractivity contribution is -0.165. The van der Waals surface area contributed by atoms with Crippen LogP contribution >= 0.6 is 0 Å². The van der Waals surface area contributed by atoms with Crippen molar-refractivity contribution in [1.82, 2.24) is 0 Å². The molecule has 0 heterocycles. The number of carbonyl (C=O) groups is 2. The molecule has 0 aromatic heterocycles. The van der Waals surface area contributed by atoms with E-state index in [-0.39, 0.29) is 64.9 Å². The molecule has 3 fully saturated rings. The maximum Gasteiger partial charge on any atom is 0.308 e. The summed E-state index contributed by atoms with van der Waals surface area (Å²) in [5, 5.41) is 32.8. The molecule has 0 aromatic carbocycles. The van der Waals surface area contributed by atoms with Crippen LogP contribution < -0.4 is 0 Å². The SMILES string of the molecule is CC(C)C(=O)O[C@H]1CC[C@@]2(C)C(=CC(=O)[C@H]3[C@@H]4[C@H](O)C[C@H]([C@H](C)CC[C@H](CCO)C(C)C)[C@@]4(C)C[C@@H](O)[C@@H]32)C1. The van der Waals surface area contributed by atoms with Gasteiger partial charge in [-0.3, -0.25) is 9.59 Å². The Morgan fingerprint density at radius 1 is 1.05 bits per heavy atom. The first kappa shape index (κ1) is 30.7. The van der Waals surface area contributed by atoms with E-state index in [1.54, 1.807) is 6.08 Å². The highest BCUT2D eigenvalue weighted by Crippen LogP contribution is 2.66. The Hall–Kier alpha value is -1.24. The molecule has 0 bridgehead atoms. The third-order valence-corrected chi connectivity index (χ3v) is 11.8. The minimum absolute atomic E-state index is 0.0356. The average Bonchev–Trinajstić information content (AvgIpc) is 3.11. The van der Waals surface area contributed by atoms with Crippen molar-refractivity contribution in [3.05, 3.63) is 11.6 Å². The van der Waals surface area contributed by atoms with Gasteiger partial charge in [-0.2, -0.15) is 0 Å². The average molecular weight is 547 g/mol. The summed E-state index contributed by atoms with van der Waals surface area (Å²) in [7, 11) is 0. The first-order chi connectivity index (χ1) is 18.2. The number of fused-ring (bicyclic) bond motifs is 5. The van der Waals surface area contributed by atoms with E-state index >= 15 is 0 Å². The van der Waals surface area contributed by atoms with Gasteiger partial charge in [-0.25, -0.2) is 0 Å². The third kappa shape index (κ3) is 5.51. The molecule has 0 radical (unpaired) electrons. The number of ether oxygens (including phenoxy) is 1. The largest absolute Gasteiger partial charge is 0.462 e. The maximum absolute atomic E-state index is 13.8. The summed E-state index contributed by atoms with van der Waals surface area (Å²) in [5.41, 5.74) is 0.369. The standard InChI is InChI=1S/C33H54O6/c1-18(2)21(11-13-34)9-8-20(5)24-16-26(36)29-28-25(35)15-22-14-23(39-31(38)19(3)4)10-12-32(22,6)30(28)27(37)17-33(24,29)7/h15,18-21,23-24,26-30,34,36-37H,8-14,16-17H2,1-7H3/t20-,21-,23+,24-,26-,27-,28+,29+,30+,32+,33-/m1/s1. The van der Waals surface area contributed by atoms with E-state index in [4.69, 9.17) is 4.74 Å². The van der Waals surface area contributed by atoms with Gasteiger partial charge in [0.2, 0.25) is 0 Å². The normalized spacial score (nSPS) is 41.5. The fourth-order valence-electron chi connectivity index (χ4n) is 9.53. The first-order valence-electron chi connectivity index (χ1n) is 15.7. The van der Waals surface area contributed by atoms with Gasteiger partial charge < -0.3 is 20.1 Å². The van der Waals surface area contributed by atoms with Crippen molar-refractivity contribution in [1.29, 1.82) is 0 Å². The molecule has 6 heteroatoms. The van der Waals surface area contributed by atoms with Crippen molar-refractivity contribution >= 4 is 11.8 Å². The highest BCUT2D eigenvalue weighted by molar-refractivity contribution is 5.95. The Morgan fingerprint density at radius 2 is 1.74 bits per heavy atom. The Kier molecular flexibility index (Phi) is 9.11. The van der Waals surface area contributed by atoms with Crippen molar-refractivity contribution in [3.8, 4) is 0 Å². The molecule has 4 rings (SSSR count). The highest BCUT2D eigenvalue weighted by atomic mass is 16.5. The van der Waals surface area contributed by atoms with Crippen LogP contribution in [0.4, 0.5) is 0 Å². The Morgan fingerprint density at radius 3 is 2.36 bits per heavy atom. The molecule has 3 N–H and O–H groups in total. The molecule has 6 nitrogen and oxygen atoms in total. The van der Waals surface area contributed by atoms with Crippen molar-refractivity contribution in [2.75, 3.05) is 6.61 Å². The number of aliphatic hydroxyl groups is 3. The van der Waals surface area contributed by atoms with Crippen molar-refractivity contribution in [3.63, 3.8) is 0 Å². The molecule has 0 aromatic rings. The van der Waals surface area contributed by atoms with E-state index in [0.717, 1.165) is 37.7 Å². The summed E-state index contributed by atoms with van der Waals surface area (Å²) < 4.78 is 5.75. The van der Waals surface area contributed by atoms with Gasteiger partial charge in [-0.05, 0) is 79.1 Å². The number of ketones is 1. The molecular formula is C33H54O6. The Labute approximate surface area is 236 Å². The summed E-state index contributed by atoms with van der Waals surface area (Å²) in [6.45, 7) is 15.0. The van der Waals surface area contributed by atoms with E-state index < -0.39 is 12.2 Å². The van der Waals surface area contributed by atoms with E-state index in [0.29, 0.717) is 37.0 Å². The molecule has 4 aliphatic rings. The number of esters is 1. The second-order valence-corrected chi connectivity index (χ2v) is 14.8. The van der Waals surface area contributed by atoms with Crippen LogP contribution in [0.2, 0.25) is 0 Å². The van der Waals surface area contributed by atoms with Crippen LogP contribution in [0.3, 0.4) is 0 Å². The lowest BCUT2D eigenvalue weighted by Gasteiger charge is -2.59. The van der Waals surface area contributed by atoms with Crippen LogP contribution in [-0.4, -0.2) is 52.0 Å². The number of hydrogen-bond donors (Lipinski definition) is 3. The van der Waals surface area contributed by atoms with Gasteiger partial charge in [0.1, 0.15) is 6.10 Å². The Balaban J connectivity index is 1.56. The zero-order chi connectivity index (χ0) is 28.9. The summed E-state index contributed by atoms with van der Waals surface area (Å²) in [6, 6.07) is 0. The van der Waals surface area contributed by atoms with Gasteiger partial charge in [-0.15, -0.1) is 0 Å². The molecule has 222 valence electrons. The van der Waals surface area contributed by atoms with Crippen LogP contribution in [-0.2, 0) is 14.3 Å². The fraction of sp³-hybridized carbons (Fsp3) is 0.879. The molecular weight excluding hydrogens is 492 g/mol. The molecule has 4 aliphatic carbocycles. The molecule has 0 unspecified atom stereocenters. The van der Waals surface area contributed by atoms with Crippen LogP contribution in [0.25, 0.3) is 0 Å². The number of aliphatic hydroxyl groups excluding tert-OH is 3. The van der Waals surface area contributed by atoms with Crippen LogP contribution in [0.15, 0.2) is 11.6 Å². The van der Waals surface area contributed by atoms with Crippen molar-refractivity contribution < 1.29 is 29.6 Å². The second-order valence-electron chi connectivity index (χ2n) is 14.8. The predicted octanol–water partition coefficient (Wildman–Crippen LogP) is 5.32. The summed E-state index contributed by atoms with van der Waals surface area (Å²) in [6.07, 6.45) is 6.63. The molecule has 11 atom stereocenters. The zero-order valence-electron chi connectivity index (χ0n) is 25.4. The second kappa shape index (κ2) is 11.6. The van der Waals surface area contributed by atoms with E-state index in [9.17, 15) is 24.9 Å². The third-order valence-electron chi connectivity index (χ3n) is 11.8. The van der Waals surface area contributed by atoms with E-state index in [1.807, 2.05) is 13.8 Å². The topological polar surface area (TPSA) is 104 Å². The molecule has 3 saturated carbocycles. The lowest BCUT2D eigenvalue weighted by Crippen LogP contribution is -2.60. The smallest absolute Gasteiger partial charge is 0.308 e. The summed E-state index contributed by atoms with van der Waals surface area (Å²) in [5.74, 6) is 0.490. The monoisotopic (exact) mass is 546 g/mol. The predicted molar refractivity (Wildman–Crippen MR) is 152 cm³/mol. The number of rotatable bonds is 9. The number of allylic oxidation sites excluding steroid dienone is 1. The molecule has 39 heavy (non-hydrogen) atoms. The number of hydrogen-bond acceptors (Lipinski definition) is 6. The molecule has 0 spiro atoms. The maximum atomic E-state index is 13.8. The molecule has 0 saturated heterocycles. The van der Waals surface area contributed by atoms with Gasteiger partial charge in [0, 0.05) is 30.8 Å². The van der Waals surface area contributed by atoms with E-state index in [1.165, 1.54) is 0 Å². The first-order valence-corrected chi connectivity index (χ1v) is 15.7.